The summed E-state index contributed by atoms with van der Waals surface area (Å²) in [6.07, 6.45) is 10.7. The number of nitrogens with one attached hydrogen (secondary N) is 1. The SMILES string of the molecule is CCCCN1C(=O)[C@H](CC2CCCCC2)NC(=O)[C@@H]1C1CCN(Cc2ccc(Oc3ccc(C(=O)Cl)cc3)cc2)CC1. The van der Waals surface area contributed by atoms with Gasteiger partial charge in [0, 0.05) is 18.7 Å². The van der Waals surface area contributed by atoms with Crippen LogP contribution in [-0.2, 0) is 16.1 Å². The van der Waals surface area contributed by atoms with Gasteiger partial charge in [-0.05, 0) is 104 Å². The van der Waals surface area contributed by atoms with Gasteiger partial charge < -0.3 is 15.0 Å². The number of rotatable bonds is 11. The monoisotopic (exact) mass is 593 g/mol. The summed E-state index contributed by atoms with van der Waals surface area (Å²) in [4.78, 5) is 42.8. The Labute approximate surface area is 254 Å². The van der Waals surface area contributed by atoms with Crippen molar-refractivity contribution in [2.24, 2.45) is 11.8 Å². The summed E-state index contributed by atoms with van der Waals surface area (Å²) in [5.41, 5.74) is 1.64. The third kappa shape index (κ3) is 7.73. The van der Waals surface area contributed by atoms with Crippen LogP contribution in [0.15, 0.2) is 48.5 Å². The molecule has 2 aromatic carbocycles. The van der Waals surface area contributed by atoms with Crippen LogP contribution in [-0.4, -0.2) is 58.6 Å². The van der Waals surface area contributed by atoms with Crippen molar-refractivity contribution < 1.29 is 19.1 Å². The van der Waals surface area contributed by atoms with E-state index < -0.39 is 5.24 Å². The molecule has 7 nitrogen and oxygen atoms in total. The molecule has 2 heterocycles. The van der Waals surface area contributed by atoms with E-state index in [0.29, 0.717) is 23.8 Å². The van der Waals surface area contributed by atoms with E-state index >= 15 is 0 Å². The van der Waals surface area contributed by atoms with Crippen molar-refractivity contribution in [3.63, 3.8) is 0 Å². The topological polar surface area (TPSA) is 79.0 Å². The predicted molar refractivity (Wildman–Crippen MR) is 165 cm³/mol. The maximum atomic E-state index is 13.7. The first kappa shape index (κ1) is 30.6. The molecular weight excluding hydrogens is 550 g/mol. The molecule has 226 valence electrons. The molecule has 8 heteroatoms. The van der Waals surface area contributed by atoms with Crippen molar-refractivity contribution in [1.29, 1.82) is 0 Å². The van der Waals surface area contributed by atoms with Crippen molar-refractivity contribution in [3.8, 4) is 11.5 Å². The van der Waals surface area contributed by atoms with Gasteiger partial charge in [-0.15, -0.1) is 0 Å². The van der Waals surface area contributed by atoms with E-state index in [9.17, 15) is 14.4 Å². The Balaban J connectivity index is 1.14. The Hall–Kier alpha value is -2.90. The second kappa shape index (κ2) is 14.5. The molecule has 2 atom stereocenters. The van der Waals surface area contributed by atoms with Crippen molar-refractivity contribution in [1.82, 2.24) is 15.1 Å². The maximum absolute atomic E-state index is 13.7. The lowest BCUT2D eigenvalue weighted by atomic mass is 9.82. The van der Waals surface area contributed by atoms with Crippen molar-refractivity contribution in [3.05, 3.63) is 59.7 Å². The average molecular weight is 594 g/mol. The molecule has 2 aromatic rings. The Bertz CT molecular complexity index is 1200. The number of benzene rings is 2. The summed E-state index contributed by atoms with van der Waals surface area (Å²) in [6, 6.07) is 14.1. The molecule has 0 unspecified atom stereocenters. The van der Waals surface area contributed by atoms with Crippen LogP contribution in [0, 0.1) is 11.8 Å². The number of carbonyl (C=O) groups excluding carboxylic acids is 3. The fourth-order valence-corrected chi connectivity index (χ4v) is 7.02. The second-order valence-electron chi connectivity index (χ2n) is 12.3. The highest BCUT2D eigenvalue weighted by Gasteiger charge is 2.45. The summed E-state index contributed by atoms with van der Waals surface area (Å²) in [7, 11) is 0. The highest BCUT2D eigenvalue weighted by Crippen LogP contribution is 2.32. The maximum Gasteiger partial charge on any atom is 0.252 e. The number of carbonyl (C=O) groups is 3. The van der Waals surface area contributed by atoms with E-state index in [0.717, 1.165) is 57.5 Å². The summed E-state index contributed by atoms with van der Waals surface area (Å²) >= 11 is 5.52. The number of nitrogens with zero attached hydrogens (tertiary/aromatic N) is 2. The molecule has 2 saturated heterocycles. The van der Waals surface area contributed by atoms with Crippen LogP contribution >= 0.6 is 11.6 Å². The van der Waals surface area contributed by atoms with Crippen molar-refractivity contribution in [2.45, 2.75) is 89.8 Å². The summed E-state index contributed by atoms with van der Waals surface area (Å²) in [5.74, 6) is 2.32. The van der Waals surface area contributed by atoms with Gasteiger partial charge in [0.2, 0.25) is 11.8 Å². The molecule has 2 aliphatic heterocycles. The minimum atomic E-state index is -0.488. The molecule has 0 bridgehead atoms. The van der Waals surface area contributed by atoms with Crippen LogP contribution in [0.25, 0.3) is 0 Å². The van der Waals surface area contributed by atoms with Gasteiger partial charge in [0.25, 0.3) is 5.24 Å². The van der Waals surface area contributed by atoms with Crippen LogP contribution < -0.4 is 10.1 Å². The first-order chi connectivity index (χ1) is 20.4. The van der Waals surface area contributed by atoms with E-state index in [1.165, 1.54) is 37.7 Å². The van der Waals surface area contributed by atoms with Crippen molar-refractivity contribution in [2.75, 3.05) is 19.6 Å². The molecule has 1 aliphatic carbocycles. The molecule has 3 aliphatic rings. The normalized spacial score (nSPS) is 22.7. The first-order valence-corrected chi connectivity index (χ1v) is 16.2. The van der Waals surface area contributed by atoms with E-state index in [1.807, 2.05) is 17.0 Å². The van der Waals surface area contributed by atoms with Gasteiger partial charge >= 0.3 is 0 Å². The Morgan fingerprint density at radius 3 is 2.19 bits per heavy atom. The number of likely N-dealkylation sites (tertiary alicyclic amines) is 1. The number of piperazine rings is 1. The van der Waals surface area contributed by atoms with Gasteiger partial charge in [-0.25, -0.2) is 0 Å². The minimum absolute atomic E-state index is 0.0597. The highest BCUT2D eigenvalue weighted by atomic mass is 35.5. The van der Waals surface area contributed by atoms with Gasteiger partial charge in [-0.3, -0.25) is 19.3 Å². The van der Waals surface area contributed by atoms with Crippen LogP contribution in [0.1, 0.15) is 87.1 Å². The lowest BCUT2D eigenvalue weighted by Crippen LogP contribution is -2.66. The lowest BCUT2D eigenvalue weighted by molar-refractivity contribution is -0.153. The number of piperidine rings is 1. The zero-order chi connectivity index (χ0) is 29.5. The number of hydrogen-bond acceptors (Lipinski definition) is 5. The Morgan fingerprint density at radius 1 is 0.929 bits per heavy atom. The average Bonchev–Trinajstić information content (AvgIpc) is 3.00. The number of unbranched alkanes of at least 4 members (excludes halogenated alkanes) is 1. The van der Waals surface area contributed by atoms with Gasteiger partial charge in [0.15, 0.2) is 0 Å². The standard InChI is InChI=1S/C34H44ClN3O4/c1-2-3-19-38-31(33(40)36-30(34(38)41)22-24-7-5-4-6-8-24)26-17-20-37(21-18-26)23-25-9-13-28(14-10-25)42-29-15-11-27(12-16-29)32(35)39/h9-16,24,26,30-31H,2-8,17-23H2,1H3,(H,36,40)/t30-,31-/m0/s1. The zero-order valence-electron chi connectivity index (χ0n) is 24.7. The molecule has 1 N–H and O–H groups in total. The smallest absolute Gasteiger partial charge is 0.252 e. The second-order valence-corrected chi connectivity index (χ2v) is 12.6. The predicted octanol–water partition coefficient (Wildman–Crippen LogP) is 6.54. The molecule has 0 aromatic heterocycles. The van der Waals surface area contributed by atoms with Gasteiger partial charge in [-0.2, -0.15) is 0 Å². The molecular formula is C34H44ClN3O4. The molecule has 5 rings (SSSR count). The zero-order valence-corrected chi connectivity index (χ0v) is 25.5. The summed E-state index contributed by atoms with van der Waals surface area (Å²) < 4.78 is 5.91. The molecule has 42 heavy (non-hydrogen) atoms. The fourth-order valence-electron chi connectivity index (χ4n) is 6.90. The van der Waals surface area contributed by atoms with Gasteiger partial charge in [0.05, 0.1) is 0 Å². The Morgan fingerprint density at radius 2 is 1.57 bits per heavy atom. The fraction of sp³-hybridized carbons (Fsp3) is 0.559. The molecule has 2 amide bonds. The number of hydrogen-bond donors (Lipinski definition) is 1. The van der Waals surface area contributed by atoms with E-state index in [1.54, 1.807) is 24.3 Å². The molecule has 3 fully saturated rings. The number of ether oxygens (including phenoxy) is 1. The first-order valence-electron chi connectivity index (χ1n) is 15.8. The van der Waals surface area contributed by atoms with E-state index in [-0.39, 0.29) is 29.8 Å². The highest BCUT2D eigenvalue weighted by molar-refractivity contribution is 6.67. The summed E-state index contributed by atoms with van der Waals surface area (Å²) in [5, 5.41) is 2.68. The quantitative estimate of drug-likeness (QED) is 0.299. The number of halogens is 1. The van der Waals surface area contributed by atoms with Crippen LogP contribution in [0.4, 0.5) is 0 Å². The number of amides is 2. The van der Waals surface area contributed by atoms with Gasteiger partial charge in [-0.1, -0.05) is 57.6 Å². The van der Waals surface area contributed by atoms with E-state index in [4.69, 9.17) is 16.3 Å². The largest absolute Gasteiger partial charge is 0.457 e. The minimum Gasteiger partial charge on any atom is -0.457 e. The third-order valence-corrected chi connectivity index (χ3v) is 9.49. The van der Waals surface area contributed by atoms with Crippen LogP contribution in [0.2, 0.25) is 0 Å². The molecule has 0 spiro atoms. The Kier molecular flexibility index (Phi) is 10.6. The van der Waals surface area contributed by atoms with Crippen LogP contribution in [0.3, 0.4) is 0 Å². The van der Waals surface area contributed by atoms with Crippen molar-refractivity contribution >= 4 is 28.7 Å². The summed E-state index contributed by atoms with van der Waals surface area (Å²) in [6.45, 7) is 5.46. The molecule has 1 saturated carbocycles. The molecule has 0 radical (unpaired) electrons. The van der Waals surface area contributed by atoms with Crippen LogP contribution in [0.5, 0.6) is 11.5 Å². The third-order valence-electron chi connectivity index (χ3n) is 9.27. The lowest BCUT2D eigenvalue weighted by Gasteiger charge is -2.45. The van der Waals surface area contributed by atoms with Gasteiger partial charge in [0.1, 0.15) is 23.6 Å². The van der Waals surface area contributed by atoms with E-state index in [2.05, 4.69) is 29.3 Å².